The summed E-state index contributed by atoms with van der Waals surface area (Å²) in [6, 6.07) is 10.9. The van der Waals surface area contributed by atoms with E-state index in [1.54, 1.807) is 0 Å². The molecule has 3 aliphatic rings. The van der Waals surface area contributed by atoms with E-state index < -0.39 is 0 Å². The topological polar surface area (TPSA) is 52.8 Å². The Morgan fingerprint density at radius 1 is 1.04 bits per heavy atom. The standard InChI is InChI=1S/C20H30N4O/c21-19-7-6-16-14-24(15-18(16)19)20(25)8-9-22-10-12-23(13-11-22)17-4-2-1-3-5-17/h1-5,16,18-19H,6-15,21H2. The lowest BCUT2D eigenvalue weighted by Gasteiger charge is -2.36. The largest absolute Gasteiger partial charge is 0.369 e. The minimum atomic E-state index is 0.314. The Kier molecular flexibility index (Phi) is 4.95. The van der Waals surface area contributed by atoms with Gasteiger partial charge in [-0.3, -0.25) is 9.69 Å². The molecule has 4 rings (SSSR count). The number of likely N-dealkylation sites (tertiary alicyclic amines) is 1. The van der Waals surface area contributed by atoms with Crippen molar-refractivity contribution in [3.63, 3.8) is 0 Å². The van der Waals surface area contributed by atoms with Gasteiger partial charge in [0.2, 0.25) is 5.91 Å². The van der Waals surface area contributed by atoms with E-state index in [2.05, 4.69) is 45.0 Å². The fourth-order valence-corrected chi connectivity index (χ4v) is 4.79. The van der Waals surface area contributed by atoms with Crippen LogP contribution in [-0.4, -0.2) is 67.6 Å². The Morgan fingerprint density at radius 3 is 2.52 bits per heavy atom. The molecule has 3 fully saturated rings. The Balaban J connectivity index is 1.20. The molecule has 0 radical (unpaired) electrons. The number of nitrogens with zero attached hydrogens (tertiary/aromatic N) is 3. The molecule has 2 aliphatic heterocycles. The first-order valence-electron chi connectivity index (χ1n) is 9.76. The molecular weight excluding hydrogens is 312 g/mol. The highest BCUT2D eigenvalue weighted by atomic mass is 16.2. The van der Waals surface area contributed by atoms with Gasteiger partial charge in [0.1, 0.15) is 0 Å². The molecule has 1 aromatic carbocycles. The summed E-state index contributed by atoms with van der Waals surface area (Å²) in [6.07, 6.45) is 3.00. The van der Waals surface area contributed by atoms with Crippen molar-refractivity contribution in [3.05, 3.63) is 30.3 Å². The van der Waals surface area contributed by atoms with Crippen LogP contribution < -0.4 is 10.6 Å². The average Bonchev–Trinajstić information content (AvgIpc) is 3.23. The van der Waals surface area contributed by atoms with Crippen LogP contribution in [-0.2, 0) is 4.79 Å². The van der Waals surface area contributed by atoms with Crippen molar-refractivity contribution < 1.29 is 4.79 Å². The molecule has 136 valence electrons. The number of benzene rings is 1. The van der Waals surface area contributed by atoms with Gasteiger partial charge in [0.25, 0.3) is 0 Å². The van der Waals surface area contributed by atoms with Crippen molar-refractivity contribution >= 4 is 11.6 Å². The number of amides is 1. The van der Waals surface area contributed by atoms with Crippen LogP contribution >= 0.6 is 0 Å². The maximum atomic E-state index is 12.6. The van der Waals surface area contributed by atoms with E-state index in [1.165, 1.54) is 12.1 Å². The monoisotopic (exact) mass is 342 g/mol. The van der Waals surface area contributed by atoms with Gasteiger partial charge in [0, 0.05) is 64.0 Å². The average molecular weight is 342 g/mol. The molecule has 2 saturated heterocycles. The number of fused-ring (bicyclic) bond motifs is 1. The second-order valence-corrected chi connectivity index (χ2v) is 7.88. The van der Waals surface area contributed by atoms with Crippen molar-refractivity contribution in [1.82, 2.24) is 9.80 Å². The van der Waals surface area contributed by atoms with Crippen LogP contribution in [0.25, 0.3) is 0 Å². The summed E-state index contributed by atoms with van der Waals surface area (Å²) in [5.74, 6) is 1.54. The zero-order valence-corrected chi connectivity index (χ0v) is 15.0. The third kappa shape index (κ3) is 3.67. The zero-order valence-electron chi connectivity index (χ0n) is 15.0. The summed E-state index contributed by atoms with van der Waals surface area (Å²) in [5, 5.41) is 0. The van der Waals surface area contributed by atoms with E-state index in [0.29, 0.717) is 30.2 Å². The van der Waals surface area contributed by atoms with Crippen molar-refractivity contribution in [1.29, 1.82) is 0 Å². The van der Waals surface area contributed by atoms with Gasteiger partial charge in [-0.1, -0.05) is 18.2 Å². The number of carbonyl (C=O) groups is 1. The first-order chi connectivity index (χ1) is 12.2. The number of hydrogen-bond donors (Lipinski definition) is 1. The van der Waals surface area contributed by atoms with E-state index in [9.17, 15) is 4.79 Å². The molecule has 5 heteroatoms. The molecule has 3 atom stereocenters. The van der Waals surface area contributed by atoms with Gasteiger partial charge in [0.15, 0.2) is 0 Å². The SMILES string of the molecule is NC1CCC2CN(C(=O)CCN3CCN(c4ccccc4)CC3)CC12. The molecular formula is C20H30N4O. The van der Waals surface area contributed by atoms with Gasteiger partial charge >= 0.3 is 0 Å². The van der Waals surface area contributed by atoms with Crippen molar-refractivity contribution in [2.45, 2.75) is 25.3 Å². The second-order valence-electron chi connectivity index (χ2n) is 7.88. The van der Waals surface area contributed by atoms with E-state index in [1.807, 2.05) is 0 Å². The summed E-state index contributed by atoms with van der Waals surface area (Å²) >= 11 is 0. The number of carbonyl (C=O) groups excluding carboxylic acids is 1. The van der Waals surface area contributed by atoms with Crippen LogP contribution in [0.3, 0.4) is 0 Å². The number of hydrogen-bond acceptors (Lipinski definition) is 4. The zero-order chi connectivity index (χ0) is 17.2. The number of rotatable bonds is 4. The highest BCUT2D eigenvalue weighted by Crippen LogP contribution is 2.37. The Morgan fingerprint density at radius 2 is 1.80 bits per heavy atom. The Bertz CT molecular complexity index is 585. The first kappa shape index (κ1) is 16.9. The van der Waals surface area contributed by atoms with Crippen LogP contribution in [0, 0.1) is 11.8 Å². The number of anilines is 1. The smallest absolute Gasteiger partial charge is 0.223 e. The number of nitrogens with two attached hydrogens (primary N) is 1. The molecule has 1 amide bonds. The lowest BCUT2D eigenvalue weighted by Crippen LogP contribution is -2.47. The van der Waals surface area contributed by atoms with Gasteiger partial charge in [-0.25, -0.2) is 0 Å². The summed E-state index contributed by atoms with van der Waals surface area (Å²) in [6.45, 7) is 6.89. The van der Waals surface area contributed by atoms with E-state index in [0.717, 1.165) is 52.2 Å². The molecule has 0 bridgehead atoms. The molecule has 0 spiro atoms. The molecule has 2 N–H and O–H groups in total. The van der Waals surface area contributed by atoms with Gasteiger partial charge in [-0.05, 0) is 36.8 Å². The quantitative estimate of drug-likeness (QED) is 0.899. The molecule has 1 aromatic rings. The molecule has 2 heterocycles. The molecule has 5 nitrogen and oxygen atoms in total. The van der Waals surface area contributed by atoms with E-state index >= 15 is 0 Å². The van der Waals surface area contributed by atoms with Crippen molar-refractivity contribution in [3.8, 4) is 0 Å². The third-order valence-electron chi connectivity index (χ3n) is 6.40. The van der Waals surface area contributed by atoms with E-state index in [4.69, 9.17) is 5.73 Å². The van der Waals surface area contributed by atoms with Gasteiger partial charge < -0.3 is 15.5 Å². The molecule has 25 heavy (non-hydrogen) atoms. The lowest BCUT2D eigenvalue weighted by molar-refractivity contribution is -0.130. The predicted octanol–water partition coefficient (Wildman–Crippen LogP) is 1.39. The summed E-state index contributed by atoms with van der Waals surface area (Å²) in [7, 11) is 0. The number of para-hydroxylation sites is 1. The first-order valence-corrected chi connectivity index (χ1v) is 9.76. The maximum Gasteiger partial charge on any atom is 0.223 e. The number of piperazine rings is 1. The minimum absolute atomic E-state index is 0.314. The predicted molar refractivity (Wildman–Crippen MR) is 100 cm³/mol. The molecule has 1 aliphatic carbocycles. The van der Waals surface area contributed by atoms with Crippen molar-refractivity contribution in [2.75, 3.05) is 50.7 Å². The summed E-state index contributed by atoms with van der Waals surface area (Å²) in [5.41, 5.74) is 7.49. The Hall–Kier alpha value is -1.59. The molecule has 3 unspecified atom stereocenters. The van der Waals surface area contributed by atoms with Crippen LogP contribution in [0.2, 0.25) is 0 Å². The summed E-state index contributed by atoms with van der Waals surface area (Å²) < 4.78 is 0. The maximum absolute atomic E-state index is 12.6. The summed E-state index contributed by atoms with van der Waals surface area (Å²) in [4.78, 5) is 19.5. The van der Waals surface area contributed by atoms with Crippen LogP contribution in [0.4, 0.5) is 5.69 Å². The van der Waals surface area contributed by atoms with Gasteiger partial charge in [-0.15, -0.1) is 0 Å². The highest BCUT2D eigenvalue weighted by Gasteiger charge is 2.42. The normalized spacial score (nSPS) is 29.9. The second kappa shape index (κ2) is 7.34. The fourth-order valence-electron chi connectivity index (χ4n) is 4.79. The van der Waals surface area contributed by atoms with Crippen LogP contribution in [0.1, 0.15) is 19.3 Å². The van der Waals surface area contributed by atoms with Gasteiger partial charge in [0.05, 0.1) is 0 Å². The van der Waals surface area contributed by atoms with Gasteiger partial charge in [-0.2, -0.15) is 0 Å². The van der Waals surface area contributed by atoms with Crippen LogP contribution in [0.5, 0.6) is 0 Å². The third-order valence-corrected chi connectivity index (χ3v) is 6.40. The highest BCUT2D eigenvalue weighted by molar-refractivity contribution is 5.76. The van der Waals surface area contributed by atoms with Crippen LogP contribution in [0.15, 0.2) is 30.3 Å². The van der Waals surface area contributed by atoms with Crippen molar-refractivity contribution in [2.24, 2.45) is 17.6 Å². The molecule has 0 aromatic heterocycles. The minimum Gasteiger partial charge on any atom is -0.369 e. The fraction of sp³-hybridized carbons (Fsp3) is 0.650. The van der Waals surface area contributed by atoms with E-state index in [-0.39, 0.29) is 0 Å². The lowest BCUT2D eigenvalue weighted by atomic mass is 9.98. The Labute approximate surface area is 150 Å². The molecule has 1 saturated carbocycles.